The van der Waals surface area contributed by atoms with Crippen LogP contribution in [0.15, 0.2) is 59.8 Å². The van der Waals surface area contributed by atoms with Gasteiger partial charge in [0.15, 0.2) is 6.61 Å². The van der Waals surface area contributed by atoms with Gasteiger partial charge in [0.1, 0.15) is 6.21 Å². The summed E-state index contributed by atoms with van der Waals surface area (Å²) < 4.78 is 0. The van der Waals surface area contributed by atoms with E-state index in [9.17, 15) is 9.59 Å². The number of anilines is 1. The van der Waals surface area contributed by atoms with E-state index >= 15 is 0 Å². The molecule has 0 saturated heterocycles. The van der Waals surface area contributed by atoms with Crippen molar-refractivity contribution in [3.8, 4) is 0 Å². The average molecular weight is 360 g/mol. The van der Waals surface area contributed by atoms with Crippen LogP contribution in [0.1, 0.15) is 5.56 Å². The molecule has 130 valence electrons. The van der Waals surface area contributed by atoms with Crippen LogP contribution in [0, 0.1) is 0 Å². The molecule has 7 heteroatoms. The second kappa shape index (κ2) is 10.1. The number of amides is 2. The number of carbonyl (C=O) groups excluding carboxylic acids is 2. The maximum absolute atomic E-state index is 11.6. The lowest BCUT2D eigenvalue weighted by Gasteiger charge is -2.05. The van der Waals surface area contributed by atoms with E-state index in [1.807, 2.05) is 18.2 Å². The first-order valence-corrected chi connectivity index (χ1v) is 8.04. The van der Waals surface area contributed by atoms with Crippen molar-refractivity contribution in [1.29, 1.82) is 0 Å². The minimum atomic E-state index is -0.436. The van der Waals surface area contributed by atoms with Gasteiger partial charge in [-0.15, -0.1) is 0 Å². The topological polar surface area (TPSA) is 79.8 Å². The molecule has 2 aromatic carbocycles. The quantitative estimate of drug-likeness (QED) is 0.561. The second-order valence-electron chi connectivity index (χ2n) is 5.09. The molecule has 2 rings (SSSR count). The molecule has 0 spiro atoms. The molecule has 0 unspecified atom stereocenters. The standard InChI is InChI=1S/C18H18ClN3O3/c19-15-8-6-14(7-9-15)10-11-20-18(24)13-25-21-12-17(23)22-16-4-2-1-3-5-16/h1-9,12H,10-11,13H2,(H,20,24)(H,22,23)/b21-12+. The van der Waals surface area contributed by atoms with Crippen LogP contribution in [0.3, 0.4) is 0 Å². The average Bonchev–Trinajstić information content (AvgIpc) is 2.61. The van der Waals surface area contributed by atoms with Crippen LogP contribution < -0.4 is 10.6 Å². The van der Waals surface area contributed by atoms with Gasteiger partial charge in [0.2, 0.25) is 0 Å². The Bertz CT molecular complexity index is 718. The van der Waals surface area contributed by atoms with Gasteiger partial charge < -0.3 is 15.5 Å². The fourth-order valence-electron chi connectivity index (χ4n) is 1.93. The smallest absolute Gasteiger partial charge is 0.270 e. The van der Waals surface area contributed by atoms with Crippen LogP contribution in [0.25, 0.3) is 0 Å². The summed E-state index contributed by atoms with van der Waals surface area (Å²) in [5.74, 6) is -0.746. The Hall–Kier alpha value is -2.86. The molecule has 0 atom stereocenters. The highest BCUT2D eigenvalue weighted by atomic mass is 35.5. The lowest BCUT2D eigenvalue weighted by Crippen LogP contribution is -2.29. The summed E-state index contributed by atoms with van der Waals surface area (Å²) in [6.45, 7) is 0.220. The summed E-state index contributed by atoms with van der Waals surface area (Å²) in [5, 5.41) is 9.46. The summed E-state index contributed by atoms with van der Waals surface area (Å²) in [7, 11) is 0. The molecule has 0 saturated carbocycles. The van der Waals surface area contributed by atoms with E-state index in [0.717, 1.165) is 11.8 Å². The number of oxime groups is 1. The first-order valence-electron chi connectivity index (χ1n) is 7.66. The Morgan fingerprint density at radius 3 is 2.52 bits per heavy atom. The number of nitrogens with zero attached hydrogens (tertiary/aromatic N) is 1. The van der Waals surface area contributed by atoms with Gasteiger partial charge in [0.25, 0.3) is 11.8 Å². The van der Waals surface area contributed by atoms with Crippen molar-refractivity contribution in [3.63, 3.8) is 0 Å². The molecule has 0 bridgehead atoms. The number of hydrogen-bond acceptors (Lipinski definition) is 4. The van der Waals surface area contributed by atoms with Crippen molar-refractivity contribution < 1.29 is 14.4 Å². The highest BCUT2D eigenvalue weighted by molar-refractivity contribution is 6.31. The maximum Gasteiger partial charge on any atom is 0.270 e. The van der Waals surface area contributed by atoms with Crippen LogP contribution in [0.2, 0.25) is 5.02 Å². The normalized spacial score (nSPS) is 10.4. The van der Waals surface area contributed by atoms with Crippen LogP contribution in [-0.2, 0) is 20.8 Å². The first kappa shape index (κ1) is 18.5. The van der Waals surface area contributed by atoms with Gasteiger partial charge in [0, 0.05) is 17.3 Å². The molecule has 0 fully saturated rings. The number of benzene rings is 2. The molecular weight excluding hydrogens is 342 g/mol. The summed E-state index contributed by atoms with van der Waals surface area (Å²) >= 11 is 5.81. The van der Waals surface area contributed by atoms with Crippen LogP contribution >= 0.6 is 11.6 Å². The number of rotatable bonds is 8. The van der Waals surface area contributed by atoms with Crippen molar-refractivity contribution in [2.75, 3.05) is 18.5 Å². The molecular formula is C18H18ClN3O3. The van der Waals surface area contributed by atoms with Gasteiger partial charge in [0.05, 0.1) is 0 Å². The van der Waals surface area contributed by atoms with Crippen molar-refractivity contribution in [3.05, 3.63) is 65.2 Å². The van der Waals surface area contributed by atoms with E-state index in [-0.39, 0.29) is 12.5 Å². The van der Waals surface area contributed by atoms with Gasteiger partial charge in [-0.2, -0.15) is 0 Å². The molecule has 0 aliphatic carbocycles. The largest absolute Gasteiger partial charge is 0.386 e. The molecule has 0 aliphatic rings. The minimum Gasteiger partial charge on any atom is -0.386 e. The van der Waals surface area contributed by atoms with Crippen molar-refractivity contribution in [2.45, 2.75) is 6.42 Å². The van der Waals surface area contributed by atoms with Gasteiger partial charge in [-0.3, -0.25) is 9.59 Å². The third-order valence-electron chi connectivity index (χ3n) is 3.13. The van der Waals surface area contributed by atoms with E-state index in [1.54, 1.807) is 36.4 Å². The summed E-state index contributed by atoms with van der Waals surface area (Å²) in [5.41, 5.74) is 1.72. The fraction of sp³-hybridized carbons (Fsp3) is 0.167. The van der Waals surface area contributed by atoms with E-state index < -0.39 is 5.91 Å². The lowest BCUT2D eigenvalue weighted by atomic mass is 10.1. The zero-order valence-electron chi connectivity index (χ0n) is 13.4. The molecule has 0 aliphatic heterocycles. The van der Waals surface area contributed by atoms with Crippen LogP contribution in [0.4, 0.5) is 5.69 Å². The minimum absolute atomic E-state index is 0.254. The number of para-hydroxylation sites is 1. The summed E-state index contributed by atoms with van der Waals surface area (Å²) in [6, 6.07) is 16.4. The Morgan fingerprint density at radius 2 is 1.80 bits per heavy atom. The van der Waals surface area contributed by atoms with E-state index in [1.165, 1.54) is 0 Å². The predicted molar refractivity (Wildman–Crippen MR) is 97.7 cm³/mol. The van der Waals surface area contributed by atoms with Crippen LogP contribution in [-0.4, -0.2) is 31.2 Å². The van der Waals surface area contributed by atoms with Crippen LogP contribution in [0.5, 0.6) is 0 Å². The SMILES string of the molecule is O=C(/C=N/OCC(=O)NCCc1ccc(Cl)cc1)Nc1ccccc1. The summed E-state index contributed by atoms with van der Waals surface area (Å²) in [6.07, 6.45) is 1.67. The van der Waals surface area contributed by atoms with Gasteiger partial charge in [-0.1, -0.05) is 47.1 Å². The molecule has 2 amide bonds. The number of hydrogen-bond donors (Lipinski definition) is 2. The predicted octanol–water partition coefficient (Wildman–Crippen LogP) is 2.64. The van der Waals surface area contributed by atoms with Gasteiger partial charge >= 0.3 is 0 Å². The maximum atomic E-state index is 11.6. The van der Waals surface area contributed by atoms with Crippen molar-refractivity contribution in [2.24, 2.45) is 5.16 Å². The van der Waals surface area contributed by atoms with Gasteiger partial charge in [-0.05, 0) is 36.2 Å². The molecule has 2 N–H and O–H groups in total. The molecule has 6 nitrogen and oxygen atoms in total. The Balaban J connectivity index is 1.59. The van der Waals surface area contributed by atoms with E-state index in [4.69, 9.17) is 16.4 Å². The van der Waals surface area contributed by atoms with E-state index in [2.05, 4.69) is 15.8 Å². The third kappa shape index (κ3) is 7.50. The third-order valence-corrected chi connectivity index (χ3v) is 3.38. The van der Waals surface area contributed by atoms with Crippen molar-refractivity contribution >= 4 is 35.3 Å². The monoisotopic (exact) mass is 359 g/mol. The number of halogens is 1. The zero-order valence-corrected chi connectivity index (χ0v) is 14.2. The number of carbonyl (C=O) groups is 2. The zero-order chi connectivity index (χ0) is 17.9. The Labute approximate surface area is 150 Å². The molecule has 0 aromatic heterocycles. The highest BCUT2D eigenvalue weighted by Gasteiger charge is 2.02. The second-order valence-corrected chi connectivity index (χ2v) is 5.53. The van der Waals surface area contributed by atoms with Crippen molar-refractivity contribution in [1.82, 2.24) is 5.32 Å². The molecule has 2 aromatic rings. The van der Waals surface area contributed by atoms with Gasteiger partial charge in [-0.25, -0.2) is 0 Å². The number of nitrogens with one attached hydrogen (secondary N) is 2. The molecule has 25 heavy (non-hydrogen) atoms. The Kier molecular flexibility index (Phi) is 7.46. The first-order chi connectivity index (χ1) is 12.1. The fourth-order valence-corrected chi connectivity index (χ4v) is 2.05. The molecule has 0 radical (unpaired) electrons. The van der Waals surface area contributed by atoms with E-state index in [0.29, 0.717) is 23.7 Å². The Morgan fingerprint density at radius 1 is 1.08 bits per heavy atom. The highest BCUT2D eigenvalue weighted by Crippen LogP contribution is 2.09. The lowest BCUT2D eigenvalue weighted by molar-refractivity contribution is -0.125. The molecule has 0 heterocycles. The summed E-state index contributed by atoms with van der Waals surface area (Å²) in [4.78, 5) is 28.0.